The molecule has 1 saturated heterocycles. The van der Waals surface area contributed by atoms with Crippen LogP contribution in [-0.4, -0.2) is 43.1 Å². The first kappa shape index (κ1) is 28.2. The third-order valence-electron chi connectivity index (χ3n) is 7.32. The molecule has 202 valence electrons. The highest BCUT2D eigenvalue weighted by Gasteiger charge is 2.36. The van der Waals surface area contributed by atoms with Crippen molar-refractivity contribution >= 4 is 17.5 Å². The molecule has 5 nitrogen and oxygen atoms in total. The van der Waals surface area contributed by atoms with Crippen molar-refractivity contribution in [3.63, 3.8) is 0 Å². The summed E-state index contributed by atoms with van der Waals surface area (Å²) in [6.45, 7) is 9.45. The summed E-state index contributed by atoms with van der Waals surface area (Å²) in [7, 11) is 1.67. The van der Waals surface area contributed by atoms with Crippen molar-refractivity contribution in [2.24, 2.45) is 0 Å². The van der Waals surface area contributed by atoms with Gasteiger partial charge in [0.15, 0.2) is 0 Å². The Morgan fingerprint density at radius 3 is 2.34 bits per heavy atom. The molecule has 0 aromatic heterocycles. The minimum atomic E-state index is -0.206. The van der Waals surface area contributed by atoms with Gasteiger partial charge in [0, 0.05) is 37.2 Å². The van der Waals surface area contributed by atoms with Crippen molar-refractivity contribution in [2.75, 3.05) is 20.2 Å². The van der Waals surface area contributed by atoms with Gasteiger partial charge in [-0.3, -0.25) is 9.69 Å². The lowest BCUT2D eigenvalue weighted by Crippen LogP contribution is -2.43. The zero-order chi connectivity index (χ0) is 27.1. The summed E-state index contributed by atoms with van der Waals surface area (Å²) in [5.41, 5.74) is 4.92. The standard InChI is InChI=1S/C32H40ClN3O2/c1-32(2,3)26-13-9-23(10-14-26)17-18-34-31(37)30-19-27(35-20-24-11-15-28(38-4)16-12-24)22-36(30)21-25-7-5-6-8-29(25)33/h5-16,27,30,35H,17-22H2,1-4H3,(H,34,37)/t27-,30-/m0/s1. The van der Waals surface area contributed by atoms with E-state index in [-0.39, 0.29) is 23.4 Å². The fraction of sp³-hybridized carbons (Fsp3) is 0.406. The molecule has 1 fully saturated rings. The second-order valence-electron chi connectivity index (χ2n) is 11.2. The van der Waals surface area contributed by atoms with Crippen LogP contribution in [0.25, 0.3) is 0 Å². The van der Waals surface area contributed by atoms with E-state index < -0.39 is 0 Å². The zero-order valence-corrected chi connectivity index (χ0v) is 23.7. The molecule has 2 N–H and O–H groups in total. The summed E-state index contributed by atoms with van der Waals surface area (Å²) in [4.78, 5) is 15.6. The molecule has 0 spiro atoms. The molecule has 3 aromatic rings. The predicted octanol–water partition coefficient (Wildman–Crippen LogP) is 5.74. The molecule has 1 aliphatic heterocycles. The van der Waals surface area contributed by atoms with Crippen molar-refractivity contribution in [3.8, 4) is 5.75 Å². The Balaban J connectivity index is 1.36. The van der Waals surface area contributed by atoms with Gasteiger partial charge in [0.25, 0.3) is 0 Å². The van der Waals surface area contributed by atoms with Gasteiger partial charge in [-0.05, 0) is 58.7 Å². The summed E-state index contributed by atoms with van der Waals surface area (Å²) in [5, 5.41) is 7.59. The fourth-order valence-electron chi connectivity index (χ4n) is 4.97. The van der Waals surface area contributed by atoms with Gasteiger partial charge in [-0.25, -0.2) is 0 Å². The summed E-state index contributed by atoms with van der Waals surface area (Å²) in [6, 6.07) is 24.7. The van der Waals surface area contributed by atoms with E-state index >= 15 is 0 Å². The van der Waals surface area contributed by atoms with E-state index in [0.717, 1.165) is 42.3 Å². The molecule has 1 amide bonds. The van der Waals surface area contributed by atoms with Crippen LogP contribution in [0.1, 0.15) is 49.4 Å². The Morgan fingerprint density at radius 1 is 1.00 bits per heavy atom. The molecule has 0 bridgehead atoms. The van der Waals surface area contributed by atoms with Crippen LogP contribution in [0, 0.1) is 0 Å². The number of carbonyl (C=O) groups is 1. The Bertz CT molecular complexity index is 1190. The molecule has 0 saturated carbocycles. The number of likely N-dealkylation sites (tertiary alicyclic amines) is 1. The van der Waals surface area contributed by atoms with Crippen molar-refractivity contribution < 1.29 is 9.53 Å². The minimum absolute atomic E-state index is 0.0807. The molecule has 3 aromatic carbocycles. The highest BCUT2D eigenvalue weighted by Crippen LogP contribution is 2.25. The van der Waals surface area contributed by atoms with Crippen LogP contribution in [0.15, 0.2) is 72.8 Å². The Labute approximate surface area is 232 Å². The molecule has 6 heteroatoms. The van der Waals surface area contributed by atoms with Crippen molar-refractivity contribution in [2.45, 2.75) is 64.2 Å². The third kappa shape index (κ3) is 7.59. The number of amides is 1. The van der Waals surface area contributed by atoms with Gasteiger partial charge >= 0.3 is 0 Å². The largest absolute Gasteiger partial charge is 0.497 e. The number of hydrogen-bond donors (Lipinski definition) is 2. The van der Waals surface area contributed by atoms with E-state index in [1.165, 1.54) is 16.7 Å². The molecule has 4 rings (SSSR count). The van der Waals surface area contributed by atoms with Crippen molar-refractivity contribution in [1.82, 2.24) is 15.5 Å². The number of halogens is 1. The summed E-state index contributed by atoms with van der Waals surface area (Å²) < 4.78 is 5.26. The molecule has 0 radical (unpaired) electrons. The monoisotopic (exact) mass is 533 g/mol. The van der Waals surface area contributed by atoms with Gasteiger partial charge in [0.05, 0.1) is 13.2 Å². The molecule has 2 atom stereocenters. The van der Waals surface area contributed by atoms with E-state index in [1.54, 1.807) is 7.11 Å². The van der Waals surface area contributed by atoms with Crippen LogP contribution >= 0.6 is 11.6 Å². The molecular formula is C32H40ClN3O2. The van der Waals surface area contributed by atoms with Gasteiger partial charge in [0.2, 0.25) is 5.91 Å². The minimum Gasteiger partial charge on any atom is -0.497 e. The number of ether oxygens (including phenoxy) is 1. The van der Waals surface area contributed by atoms with E-state index in [4.69, 9.17) is 16.3 Å². The van der Waals surface area contributed by atoms with Gasteiger partial charge in [0.1, 0.15) is 5.75 Å². The van der Waals surface area contributed by atoms with Crippen LogP contribution in [-0.2, 0) is 29.7 Å². The Hall–Kier alpha value is -2.86. The van der Waals surface area contributed by atoms with Gasteiger partial charge < -0.3 is 15.4 Å². The van der Waals surface area contributed by atoms with Crippen LogP contribution in [0.5, 0.6) is 5.75 Å². The van der Waals surface area contributed by atoms with Crippen LogP contribution in [0.2, 0.25) is 5.02 Å². The van der Waals surface area contributed by atoms with Crippen LogP contribution in [0.3, 0.4) is 0 Å². The number of methoxy groups -OCH3 is 1. The number of benzene rings is 3. The predicted molar refractivity (Wildman–Crippen MR) is 156 cm³/mol. The zero-order valence-electron chi connectivity index (χ0n) is 23.0. The summed E-state index contributed by atoms with van der Waals surface area (Å²) in [5.74, 6) is 0.930. The van der Waals surface area contributed by atoms with Gasteiger partial charge in [-0.15, -0.1) is 0 Å². The highest BCUT2D eigenvalue weighted by atomic mass is 35.5. The Kier molecular flexibility index (Phi) is 9.48. The average molecular weight is 534 g/mol. The van der Waals surface area contributed by atoms with E-state index in [2.05, 4.69) is 72.7 Å². The molecule has 1 aliphatic rings. The second kappa shape index (κ2) is 12.8. The molecule has 0 aliphatic carbocycles. The lowest BCUT2D eigenvalue weighted by Gasteiger charge is -2.24. The van der Waals surface area contributed by atoms with Gasteiger partial charge in [-0.2, -0.15) is 0 Å². The number of hydrogen-bond acceptors (Lipinski definition) is 4. The first-order chi connectivity index (χ1) is 18.2. The molecule has 38 heavy (non-hydrogen) atoms. The van der Waals surface area contributed by atoms with Gasteiger partial charge in [-0.1, -0.05) is 87.0 Å². The number of nitrogens with zero attached hydrogens (tertiary/aromatic N) is 1. The second-order valence-corrected chi connectivity index (χ2v) is 11.6. The van der Waals surface area contributed by atoms with E-state index in [1.807, 2.05) is 36.4 Å². The van der Waals surface area contributed by atoms with Crippen molar-refractivity contribution in [1.29, 1.82) is 0 Å². The molecule has 1 heterocycles. The van der Waals surface area contributed by atoms with Crippen molar-refractivity contribution in [3.05, 3.63) is 100 Å². The maximum absolute atomic E-state index is 13.4. The number of rotatable bonds is 10. The summed E-state index contributed by atoms with van der Waals surface area (Å²) >= 11 is 6.47. The number of carbonyl (C=O) groups excluding carboxylic acids is 1. The quantitative estimate of drug-likeness (QED) is 0.349. The maximum atomic E-state index is 13.4. The lowest BCUT2D eigenvalue weighted by molar-refractivity contribution is -0.125. The summed E-state index contributed by atoms with van der Waals surface area (Å²) in [6.07, 6.45) is 1.57. The molecular weight excluding hydrogens is 494 g/mol. The fourth-order valence-corrected chi connectivity index (χ4v) is 5.16. The normalized spacial score (nSPS) is 17.9. The average Bonchev–Trinajstić information content (AvgIpc) is 3.31. The van der Waals surface area contributed by atoms with E-state index in [9.17, 15) is 4.79 Å². The Morgan fingerprint density at radius 2 is 1.68 bits per heavy atom. The topological polar surface area (TPSA) is 53.6 Å². The van der Waals surface area contributed by atoms with Crippen LogP contribution in [0.4, 0.5) is 0 Å². The highest BCUT2D eigenvalue weighted by molar-refractivity contribution is 6.31. The molecule has 0 unspecified atom stereocenters. The third-order valence-corrected chi connectivity index (χ3v) is 7.69. The lowest BCUT2D eigenvalue weighted by atomic mass is 9.86. The van der Waals surface area contributed by atoms with E-state index in [0.29, 0.717) is 13.1 Å². The first-order valence-corrected chi connectivity index (χ1v) is 13.8. The SMILES string of the molecule is COc1ccc(CN[C@H]2C[C@@H](C(=O)NCCc3ccc(C(C)(C)C)cc3)N(Cc3ccccc3Cl)C2)cc1. The number of nitrogens with one attached hydrogen (secondary N) is 2. The van der Waals surface area contributed by atoms with Crippen LogP contribution < -0.4 is 15.4 Å². The smallest absolute Gasteiger partial charge is 0.237 e. The maximum Gasteiger partial charge on any atom is 0.237 e. The first-order valence-electron chi connectivity index (χ1n) is 13.4.